The molecule has 0 amide bonds. The first-order valence-corrected chi connectivity index (χ1v) is 8.52. The zero-order chi connectivity index (χ0) is 17.4. The molecule has 0 saturated heterocycles. The molecular formula is C22H21NO2. The summed E-state index contributed by atoms with van der Waals surface area (Å²) in [5.41, 5.74) is 2.66. The van der Waals surface area contributed by atoms with Gasteiger partial charge in [-0.15, -0.1) is 0 Å². The molecule has 1 unspecified atom stereocenters. The number of hydrogen-bond donors (Lipinski definition) is 1. The van der Waals surface area contributed by atoms with Gasteiger partial charge >= 0.3 is 0 Å². The number of rotatable bonds is 3. The highest BCUT2D eigenvalue weighted by atomic mass is 16.5. The summed E-state index contributed by atoms with van der Waals surface area (Å²) in [5.74, 6) is 7.38. The van der Waals surface area contributed by atoms with Crippen molar-refractivity contribution in [2.45, 2.75) is 18.9 Å². The van der Waals surface area contributed by atoms with Gasteiger partial charge in [0.15, 0.2) is 0 Å². The Kier molecular flexibility index (Phi) is 3.78. The number of aliphatic hydroxyl groups excluding tert-OH is 1. The standard InChI is InChI=1S/C22H21NO2/c1-23-15-19(18-14-17(25-2)8-9-20(18)23)21(24)22(12-13-22)11-10-16-6-4-3-5-7-16/h3-9,14-15,21,24H,12-13H2,1-2H3. The normalized spacial score (nSPS) is 16.1. The van der Waals surface area contributed by atoms with Gasteiger partial charge in [-0.3, -0.25) is 0 Å². The maximum atomic E-state index is 11.1. The highest BCUT2D eigenvalue weighted by Crippen LogP contribution is 2.55. The molecule has 1 atom stereocenters. The van der Waals surface area contributed by atoms with Crippen LogP contribution in [-0.4, -0.2) is 16.8 Å². The zero-order valence-electron chi connectivity index (χ0n) is 14.5. The Hall–Kier alpha value is -2.70. The van der Waals surface area contributed by atoms with Crippen molar-refractivity contribution in [3.05, 3.63) is 65.9 Å². The van der Waals surface area contributed by atoms with E-state index in [2.05, 4.69) is 11.8 Å². The van der Waals surface area contributed by atoms with E-state index >= 15 is 0 Å². The van der Waals surface area contributed by atoms with Gasteiger partial charge in [-0.05, 0) is 43.2 Å². The number of ether oxygens (including phenoxy) is 1. The molecule has 1 aliphatic carbocycles. The van der Waals surface area contributed by atoms with Crippen LogP contribution in [0.1, 0.15) is 30.1 Å². The van der Waals surface area contributed by atoms with Crippen molar-refractivity contribution in [1.82, 2.24) is 4.57 Å². The molecular weight excluding hydrogens is 310 g/mol. The third-order valence-electron chi connectivity index (χ3n) is 5.06. The average molecular weight is 331 g/mol. The molecule has 1 aromatic heterocycles. The van der Waals surface area contributed by atoms with Crippen LogP contribution in [0.2, 0.25) is 0 Å². The van der Waals surface area contributed by atoms with Gasteiger partial charge in [0.25, 0.3) is 0 Å². The summed E-state index contributed by atoms with van der Waals surface area (Å²) in [7, 11) is 3.66. The molecule has 2 aromatic carbocycles. The summed E-state index contributed by atoms with van der Waals surface area (Å²) >= 11 is 0. The van der Waals surface area contributed by atoms with Crippen molar-refractivity contribution < 1.29 is 9.84 Å². The maximum absolute atomic E-state index is 11.1. The molecule has 4 rings (SSSR count). The molecule has 25 heavy (non-hydrogen) atoms. The predicted octanol–water partition coefficient (Wildman–Crippen LogP) is 4.05. The summed E-state index contributed by atoms with van der Waals surface area (Å²) in [5, 5.41) is 12.1. The second-order valence-electron chi connectivity index (χ2n) is 6.75. The first kappa shape index (κ1) is 15.8. The Labute approximate surface area is 147 Å². The van der Waals surface area contributed by atoms with Gasteiger partial charge < -0.3 is 14.4 Å². The third kappa shape index (κ3) is 2.79. The summed E-state index contributed by atoms with van der Waals surface area (Å²) in [4.78, 5) is 0. The van der Waals surface area contributed by atoms with Crippen molar-refractivity contribution in [2.24, 2.45) is 12.5 Å². The summed E-state index contributed by atoms with van der Waals surface area (Å²) in [6.45, 7) is 0. The van der Waals surface area contributed by atoms with Crippen LogP contribution in [0, 0.1) is 17.3 Å². The minimum absolute atomic E-state index is 0.340. The van der Waals surface area contributed by atoms with Gasteiger partial charge in [0.1, 0.15) is 5.75 Å². The first-order chi connectivity index (χ1) is 12.1. The summed E-state index contributed by atoms with van der Waals surface area (Å²) < 4.78 is 7.40. The van der Waals surface area contributed by atoms with Crippen LogP contribution in [-0.2, 0) is 7.05 Å². The lowest BCUT2D eigenvalue weighted by atomic mass is 9.92. The molecule has 1 N–H and O–H groups in total. The Morgan fingerprint density at radius 1 is 1.16 bits per heavy atom. The van der Waals surface area contributed by atoms with Crippen molar-refractivity contribution in [3.8, 4) is 17.6 Å². The van der Waals surface area contributed by atoms with Gasteiger partial charge in [0.05, 0.1) is 18.6 Å². The van der Waals surface area contributed by atoms with Gasteiger partial charge in [0.2, 0.25) is 0 Å². The fourth-order valence-electron chi connectivity index (χ4n) is 3.36. The number of hydrogen-bond acceptors (Lipinski definition) is 2. The highest BCUT2D eigenvalue weighted by molar-refractivity contribution is 5.86. The van der Waals surface area contributed by atoms with Gasteiger partial charge in [0, 0.05) is 35.3 Å². The number of nitrogens with zero attached hydrogens (tertiary/aromatic N) is 1. The quantitative estimate of drug-likeness (QED) is 0.735. The topological polar surface area (TPSA) is 34.4 Å². The fourth-order valence-corrected chi connectivity index (χ4v) is 3.36. The van der Waals surface area contributed by atoms with Crippen LogP contribution in [0.15, 0.2) is 54.7 Å². The number of aliphatic hydroxyl groups is 1. The van der Waals surface area contributed by atoms with E-state index in [1.165, 1.54) is 0 Å². The third-order valence-corrected chi connectivity index (χ3v) is 5.06. The highest BCUT2D eigenvalue weighted by Gasteiger charge is 2.49. The van der Waals surface area contributed by atoms with E-state index in [1.54, 1.807) is 7.11 Å². The fraction of sp³-hybridized carbons (Fsp3) is 0.273. The zero-order valence-corrected chi connectivity index (χ0v) is 14.5. The van der Waals surface area contributed by atoms with Crippen LogP contribution < -0.4 is 4.74 Å². The molecule has 0 aliphatic heterocycles. The average Bonchev–Trinajstić information content (AvgIpc) is 3.38. The van der Waals surface area contributed by atoms with Crippen LogP contribution >= 0.6 is 0 Å². The Bertz CT molecular complexity index is 972. The van der Waals surface area contributed by atoms with E-state index in [0.29, 0.717) is 0 Å². The van der Waals surface area contributed by atoms with Crippen LogP contribution in [0.5, 0.6) is 5.75 Å². The molecule has 0 spiro atoms. The van der Waals surface area contributed by atoms with Crippen LogP contribution in [0.4, 0.5) is 0 Å². The molecule has 0 radical (unpaired) electrons. The van der Waals surface area contributed by atoms with Crippen LogP contribution in [0.3, 0.4) is 0 Å². The van der Waals surface area contributed by atoms with Crippen molar-refractivity contribution in [1.29, 1.82) is 0 Å². The minimum Gasteiger partial charge on any atom is -0.497 e. The SMILES string of the molecule is COc1ccc2c(c1)c(C(O)C1(C#Cc3ccccc3)CC1)cn2C. The molecule has 1 aliphatic rings. The lowest BCUT2D eigenvalue weighted by Crippen LogP contribution is -2.11. The van der Waals surface area contributed by atoms with E-state index in [9.17, 15) is 5.11 Å². The number of fused-ring (bicyclic) bond motifs is 1. The van der Waals surface area contributed by atoms with Crippen LogP contribution in [0.25, 0.3) is 10.9 Å². The van der Waals surface area contributed by atoms with E-state index in [0.717, 1.165) is 40.6 Å². The maximum Gasteiger partial charge on any atom is 0.119 e. The van der Waals surface area contributed by atoms with Crippen molar-refractivity contribution in [3.63, 3.8) is 0 Å². The second kappa shape index (κ2) is 5.98. The van der Waals surface area contributed by atoms with Crippen molar-refractivity contribution >= 4 is 10.9 Å². The smallest absolute Gasteiger partial charge is 0.119 e. The van der Waals surface area contributed by atoms with E-state index in [1.807, 2.05) is 66.3 Å². The van der Waals surface area contributed by atoms with Gasteiger partial charge in [-0.2, -0.15) is 0 Å². The molecule has 1 heterocycles. The minimum atomic E-state index is -0.598. The molecule has 1 saturated carbocycles. The molecule has 3 heteroatoms. The molecule has 3 aromatic rings. The van der Waals surface area contributed by atoms with E-state index in [4.69, 9.17) is 4.74 Å². The van der Waals surface area contributed by atoms with E-state index in [-0.39, 0.29) is 5.41 Å². The number of benzene rings is 2. The number of aromatic nitrogens is 1. The Morgan fingerprint density at radius 3 is 2.60 bits per heavy atom. The monoisotopic (exact) mass is 331 g/mol. The Balaban J connectivity index is 1.72. The summed E-state index contributed by atoms with van der Waals surface area (Å²) in [6, 6.07) is 15.9. The molecule has 126 valence electrons. The lowest BCUT2D eigenvalue weighted by Gasteiger charge is -2.16. The molecule has 1 fully saturated rings. The molecule has 0 bridgehead atoms. The summed E-state index contributed by atoms with van der Waals surface area (Å²) in [6.07, 6.45) is 3.27. The van der Waals surface area contributed by atoms with Crippen molar-refractivity contribution in [2.75, 3.05) is 7.11 Å². The van der Waals surface area contributed by atoms with E-state index < -0.39 is 6.10 Å². The number of aryl methyl sites for hydroxylation is 1. The first-order valence-electron chi connectivity index (χ1n) is 8.52. The lowest BCUT2D eigenvalue weighted by molar-refractivity contribution is 0.125. The van der Waals surface area contributed by atoms with Gasteiger partial charge in [-0.25, -0.2) is 0 Å². The predicted molar refractivity (Wildman–Crippen MR) is 99.4 cm³/mol. The largest absolute Gasteiger partial charge is 0.497 e. The molecule has 3 nitrogen and oxygen atoms in total. The Morgan fingerprint density at radius 2 is 1.92 bits per heavy atom. The van der Waals surface area contributed by atoms with Gasteiger partial charge in [-0.1, -0.05) is 30.0 Å². The number of methoxy groups -OCH3 is 1. The second-order valence-corrected chi connectivity index (χ2v) is 6.75.